The number of carbonyl (C=O) groups excluding carboxylic acids is 1. The normalized spacial score (nSPS) is 32.8. The molecule has 1 aliphatic heterocycles. The minimum Gasteiger partial charge on any atom is -0.485 e. The molecule has 1 amide bonds. The number of halogens is 1. The summed E-state index contributed by atoms with van der Waals surface area (Å²) >= 11 is 3.32. The van der Waals surface area contributed by atoms with Crippen molar-refractivity contribution in [1.29, 1.82) is 0 Å². The lowest BCUT2D eigenvalue weighted by Gasteiger charge is -2.49. The third-order valence-corrected chi connectivity index (χ3v) is 4.99. The molecule has 4 atom stereocenters. The average molecular weight is 338 g/mol. The minimum atomic E-state index is -0.297. The number of ether oxygens (including phenoxy) is 1. The van der Waals surface area contributed by atoms with E-state index in [0.29, 0.717) is 5.92 Å². The molecule has 1 fully saturated rings. The lowest BCUT2D eigenvalue weighted by molar-refractivity contribution is -0.123. The second kappa shape index (κ2) is 5.06. The molecule has 20 heavy (non-hydrogen) atoms. The van der Waals surface area contributed by atoms with Crippen molar-refractivity contribution < 1.29 is 9.53 Å². The number of benzene rings is 1. The summed E-state index contributed by atoms with van der Waals surface area (Å²) in [5, 5.41) is 3.13. The highest BCUT2D eigenvalue weighted by Crippen LogP contribution is 2.48. The van der Waals surface area contributed by atoms with Crippen molar-refractivity contribution in [2.75, 3.05) is 0 Å². The highest BCUT2D eigenvalue weighted by molar-refractivity contribution is 9.10. The Morgan fingerprint density at radius 2 is 2.20 bits per heavy atom. The zero-order valence-electron chi connectivity index (χ0n) is 11.9. The van der Waals surface area contributed by atoms with Gasteiger partial charge in [0.15, 0.2) is 0 Å². The predicted octanol–water partition coefficient (Wildman–Crippen LogP) is 3.37. The minimum absolute atomic E-state index is 0.0390. The summed E-state index contributed by atoms with van der Waals surface area (Å²) < 4.78 is 6.25. The van der Waals surface area contributed by atoms with Gasteiger partial charge in [0.2, 0.25) is 5.91 Å². The van der Waals surface area contributed by atoms with Crippen LogP contribution in [-0.4, -0.2) is 22.4 Å². The standard InChI is InChI=1S/C16H20BrNO2/c1-10(17)15(19)18-14-8-7-11-9-16(14,2)20-13-6-4-3-5-12(11)13/h3-6,10-11,14H,7-9H2,1-2H3,(H,18,19). The fraction of sp³-hybridized carbons (Fsp3) is 0.562. The Morgan fingerprint density at radius 3 is 2.95 bits per heavy atom. The summed E-state index contributed by atoms with van der Waals surface area (Å²) in [5.74, 6) is 1.58. The monoisotopic (exact) mass is 337 g/mol. The van der Waals surface area contributed by atoms with Crippen LogP contribution in [-0.2, 0) is 4.79 Å². The van der Waals surface area contributed by atoms with Crippen LogP contribution in [0.2, 0.25) is 0 Å². The topological polar surface area (TPSA) is 38.3 Å². The molecule has 0 spiro atoms. The van der Waals surface area contributed by atoms with E-state index >= 15 is 0 Å². The number of rotatable bonds is 2. The van der Waals surface area contributed by atoms with Crippen molar-refractivity contribution in [3.8, 4) is 5.75 Å². The Hall–Kier alpha value is -1.03. The number of alkyl halides is 1. The lowest BCUT2D eigenvalue weighted by Crippen LogP contribution is -2.59. The van der Waals surface area contributed by atoms with Crippen molar-refractivity contribution in [3.63, 3.8) is 0 Å². The first kappa shape index (κ1) is 13.9. The first-order chi connectivity index (χ1) is 9.49. The van der Waals surface area contributed by atoms with Crippen molar-refractivity contribution in [3.05, 3.63) is 29.8 Å². The van der Waals surface area contributed by atoms with E-state index in [1.54, 1.807) is 0 Å². The van der Waals surface area contributed by atoms with Crippen LogP contribution >= 0.6 is 15.9 Å². The van der Waals surface area contributed by atoms with Gasteiger partial charge in [-0.3, -0.25) is 4.79 Å². The SMILES string of the molecule is CC(Br)C(=O)NC1CCC2CC1(C)Oc1ccccc12. The van der Waals surface area contributed by atoms with Gasteiger partial charge in [-0.1, -0.05) is 34.1 Å². The number of nitrogens with one attached hydrogen (secondary N) is 1. The second-order valence-corrected chi connectivity index (χ2v) is 7.48. The maximum atomic E-state index is 11.9. The maximum Gasteiger partial charge on any atom is 0.233 e. The fourth-order valence-electron chi connectivity index (χ4n) is 3.46. The molecular formula is C16H20BrNO2. The van der Waals surface area contributed by atoms with Gasteiger partial charge in [-0.05, 0) is 50.7 Å². The first-order valence-electron chi connectivity index (χ1n) is 7.22. The fourth-order valence-corrected chi connectivity index (χ4v) is 3.59. The third kappa shape index (κ3) is 2.34. The van der Waals surface area contributed by atoms with Gasteiger partial charge in [-0.25, -0.2) is 0 Å². The Kier molecular flexibility index (Phi) is 3.53. The Labute approximate surface area is 128 Å². The van der Waals surface area contributed by atoms with E-state index in [9.17, 15) is 4.79 Å². The van der Waals surface area contributed by atoms with Crippen LogP contribution in [0.25, 0.3) is 0 Å². The van der Waals surface area contributed by atoms with E-state index in [2.05, 4.69) is 40.3 Å². The highest BCUT2D eigenvalue weighted by atomic mass is 79.9. The van der Waals surface area contributed by atoms with Crippen molar-refractivity contribution >= 4 is 21.8 Å². The van der Waals surface area contributed by atoms with E-state index < -0.39 is 0 Å². The molecule has 0 saturated heterocycles. The van der Waals surface area contributed by atoms with Crippen LogP contribution in [0.15, 0.2) is 24.3 Å². The number of hydrogen-bond acceptors (Lipinski definition) is 2. The van der Waals surface area contributed by atoms with Gasteiger partial charge in [0.25, 0.3) is 0 Å². The average Bonchev–Trinajstić information content (AvgIpc) is 2.41. The quantitative estimate of drug-likeness (QED) is 0.840. The molecule has 0 aromatic heterocycles. The number of hydrogen-bond donors (Lipinski definition) is 1. The third-order valence-electron chi connectivity index (χ3n) is 4.57. The smallest absolute Gasteiger partial charge is 0.233 e. The van der Waals surface area contributed by atoms with Gasteiger partial charge in [0.05, 0.1) is 10.9 Å². The molecule has 1 N–H and O–H groups in total. The van der Waals surface area contributed by atoms with Gasteiger partial charge >= 0.3 is 0 Å². The number of carbonyl (C=O) groups is 1. The van der Waals surface area contributed by atoms with Gasteiger partial charge in [-0.2, -0.15) is 0 Å². The van der Waals surface area contributed by atoms with E-state index in [1.807, 2.05) is 19.1 Å². The summed E-state index contributed by atoms with van der Waals surface area (Å²) in [6.07, 6.45) is 3.06. The van der Waals surface area contributed by atoms with Gasteiger partial charge in [0, 0.05) is 0 Å². The zero-order chi connectivity index (χ0) is 14.3. The molecule has 1 aliphatic carbocycles. The Morgan fingerprint density at radius 1 is 1.45 bits per heavy atom. The first-order valence-corrected chi connectivity index (χ1v) is 8.13. The summed E-state index contributed by atoms with van der Waals surface area (Å²) in [7, 11) is 0. The molecule has 2 aliphatic rings. The summed E-state index contributed by atoms with van der Waals surface area (Å²) in [5.41, 5.74) is 1.03. The van der Waals surface area contributed by atoms with Crippen LogP contribution in [0.4, 0.5) is 0 Å². The van der Waals surface area contributed by atoms with Crippen LogP contribution in [0.3, 0.4) is 0 Å². The van der Waals surface area contributed by atoms with E-state index in [4.69, 9.17) is 4.74 Å². The van der Waals surface area contributed by atoms with Gasteiger partial charge < -0.3 is 10.1 Å². The van der Waals surface area contributed by atoms with Gasteiger partial charge in [0.1, 0.15) is 11.4 Å². The molecular weight excluding hydrogens is 318 g/mol. The van der Waals surface area contributed by atoms with Crippen molar-refractivity contribution in [1.82, 2.24) is 5.32 Å². The molecule has 1 saturated carbocycles. The summed E-state index contributed by atoms with van der Waals surface area (Å²) in [6.45, 7) is 3.97. The molecule has 0 radical (unpaired) electrons. The Bertz CT molecular complexity index is 531. The highest BCUT2D eigenvalue weighted by Gasteiger charge is 2.47. The molecule has 4 heteroatoms. The van der Waals surface area contributed by atoms with Crippen LogP contribution in [0.5, 0.6) is 5.75 Å². The molecule has 1 heterocycles. The second-order valence-electron chi connectivity index (χ2n) is 6.11. The number of fused-ring (bicyclic) bond motifs is 4. The summed E-state index contributed by atoms with van der Waals surface area (Å²) in [4.78, 5) is 11.8. The van der Waals surface area contributed by atoms with E-state index in [0.717, 1.165) is 25.0 Å². The molecule has 2 bridgehead atoms. The number of amides is 1. The van der Waals surface area contributed by atoms with Gasteiger partial charge in [-0.15, -0.1) is 0 Å². The molecule has 4 unspecified atom stereocenters. The molecule has 3 rings (SSSR count). The molecule has 108 valence electrons. The van der Waals surface area contributed by atoms with E-state index in [1.165, 1.54) is 5.56 Å². The van der Waals surface area contributed by atoms with Crippen LogP contribution < -0.4 is 10.1 Å². The maximum absolute atomic E-state index is 11.9. The Balaban J connectivity index is 1.85. The lowest BCUT2D eigenvalue weighted by atomic mass is 9.71. The summed E-state index contributed by atoms with van der Waals surface area (Å²) in [6, 6.07) is 8.37. The molecule has 1 aromatic carbocycles. The van der Waals surface area contributed by atoms with E-state index in [-0.39, 0.29) is 22.4 Å². The van der Waals surface area contributed by atoms with Crippen LogP contribution in [0.1, 0.15) is 44.6 Å². The van der Waals surface area contributed by atoms with Crippen LogP contribution in [0, 0.1) is 0 Å². The zero-order valence-corrected chi connectivity index (χ0v) is 13.4. The van der Waals surface area contributed by atoms with Crippen molar-refractivity contribution in [2.45, 2.75) is 55.5 Å². The largest absolute Gasteiger partial charge is 0.485 e. The molecule has 1 aromatic rings. The predicted molar refractivity (Wildman–Crippen MR) is 82.4 cm³/mol. The number of para-hydroxylation sites is 1. The molecule has 3 nitrogen and oxygen atoms in total. The van der Waals surface area contributed by atoms with Crippen molar-refractivity contribution in [2.24, 2.45) is 0 Å².